The lowest BCUT2D eigenvalue weighted by molar-refractivity contribution is 0.0937. The molecule has 1 aromatic heterocycles. The van der Waals surface area contributed by atoms with Gasteiger partial charge in [-0.15, -0.1) is 11.3 Å². The van der Waals surface area contributed by atoms with Gasteiger partial charge in [-0.3, -0.25) is 4.79 Å². The lowest BCUT2D eigenvalue weighted by Gasteiger charge is -2.15. The van der Waals surface area contributed by atoms with E-state index in [1.165, 1.54) is 11.3 Å². The first kappa shape index (κ1) is 12.7. The average molecular weight is 290 g/mol. The molecule has 4 heteroatoms. The summed E-state index contributed by atoms with van der Waals surface area (Å²) in [5.41, 5.74) is 0. The SMILES string of the molecule is CCCC(CC)NC(=O)c1sccc1Br. The van der Waals surface area contributed by atoms with Gasteiger partial charge in [-0.05, 0) is 40.2 Å². The predicted octanol–water partition coefficient (Wildman–Crippen LogP) is 3.82. The molecule has 0 bridgehead atoms. The maximum absolute atomic E-state index is 11.8. The van der Waals surface area contributed by atoms with Gasteiger partial charge in [0, 0.05) is 10.5 Å². The summed E-state index contributed by atoms with van der Waals surface area (Å²) < 4.78 is 0.886. The normalized spacial score (nSPS) is 12.5. The van der Waals surface area contributed by atoms with Crippen molar-refractivity contribution in [2.24, 2.45) is 0 Å². The molecular weight excluding hydrogens is 274 g/mol. The number of hydrogen-bond acceptors (Lipinski definition) is 2. The number of carbonyl (C=O) groups is 1. The minimum absolute atomic E-state index is 0.0391. The summed E-state index contributed by atoms with van der Waals surface area (Å²) in [6, 6.07) is 2.21. The highest BCUT2D eigenvalue weighted by Crippen LogP contribution is 2.22. The predicted molar refractivity (Wildman–Crippen MR) is 68.5 cm³/mol. The summed E-state index contributed by atoms with van der Waals surface area (Å²) in [4.78, 5) is 12.6. The second-order valence-electron chi connectivity index (χ2n) is 3.46. The average Bonchev–Trinajstić information content (AvgIpc) is 2.63. The number of amides is 1. The molecule has 1 unspecified atom stereocenters. The molecule has 15 heavy (non-hydrogen) atoms. The first-order valence-electron chi connectivity index (χ1n) is 5.22. The molecule has 84 valence electrons. The number of halogens is 1. The Morgan fingerprint density at radius 1 is 1.60 bits per heavy atom. The van der Waals surface area contributed by atoms with E-state index >= 15 is 0 Å². The van der Waals surface area contributed by atoms with Crippen molar-refractivity contribution in [3.63, 3.8) is 0 Å². The Bertz CT molecular complexity index is 324. The summed E-state index contributed by atoms with van der Waals surface area (Å²) >= 11 is 4.84. The van der Waals surface area contributed by atoms with Crippen LogP contribution < -0.4 is 5.32 Å². The summed E-state index contributed by atoms with van der Waals surface area (Å²) in [7, 11) is 0. The van der Waals surface area contributed by atoms with Crippen molar-refractivity contribution >= 4 is 33.2 Å². The van der Waals surface area contributed by atoms with Gasteiger partial charge in [0.15, 0.2) is 0 Å². The Balaban J connectivity index is 2.58. The van der Waals surface area contributed by atoms with Crippen LogP contribution in [0, 0.1) is 0 Å². The fourth-order valence-electron chi connectivity index (χ4n) is 1.43. The maximum atomic E-state index is 11.8. The van der Waals surface area contributed by atoms with Crippen molar-refractivity contribution in [1.82, 2.24) is 5.32 Å². The minimum Gasteiger partial charge on any atom is -0.349 e. The lowest BCUT2D eigenvalue weighted by Crippen LogP contribution is -2.33. The maximum Gasteiger partial charge on any atom is 0.262 e. The molecule has 0 spiro atoms. The van der Waals surface area contributed by atoms with Crippen LogP contribution in [0.1, 0.15) is 42.8 Å². The zero-order chi connectivity index (χ0) is 11.3. The smallest absolute Gasteiger partial charge is 0.262 e. The molecule has 0 aromatic carbocycles. The summed E-state index contributed by atoms with van der Waals surface area (Å²) in [6.45, 7) is 4.24. The molecule has 1 aromatic rings. The van der Waals surface area contributed by atoms with E-state index in [2.05, 4.69) is 35.1 Å². The van der Waals surface area contributed by atoms with Gasteiger partial charge in [0.25, 0.3) is 5.91 Å². The number of nitrogens with one attached hydrogen (secondary N) is 1. The van der Waals surface area contributed by atoms with E-state index in [0.717, 1.165) is 28.6 Å². The third kappa shape index (κ3) is 3.61. The Morgan fingerprint density at radius 2 is 2.33 bits per heavy atom. The molecule has 0 aliphatic rings. The summed E-state index contributed by atoms with van der Waals surface area (Å²) in [6.07, 6.45) is 3.14. The van der Waals surface area contributed by atoms with E-state index in [1.54, 1.807) is 0 Å². The third-order valence-electron chi connectivity index (χ3n) is 2.29. The second kappa shape index (κ2) is 6.28. The fourth-order valence-corrected chi connectivity index (χ4v) is 2.89. The van der Waals surface area contributed by atoms with E-state index in [4.69, 9.17) is 0 Å². The van der Waals surface area contributed by atoms with Crippen molar-refractivity contribution in [1.29, 1.82) is 0 Å². The number of thiophene rings is 1. The molecule has 0 aliphatic carbocycles. The van der Waals surface area contributed by atoms with Gasteiger partial charge in [0.05, 0.1) is 0 Å². The van der Waals surface area contributed by atoms with Crippen molar-refractivity contribution in [2.75, 3.05) is 0 Å². The van der Waals surface area contributed by atoms with Crippen LogP contribution in [-0.2, 0) is 0 Å². The zero-order valence-electron chi connectivity index (χ0n) is 9.05. The highest BCUT2D eigenvalue weighted by atomic mass is 79.9. The molecule has 0 radical (unpaired) electrons. The third-order valence-corrected chi connectivity index (χ3v) is 4.13. The van der Waals surface area contributed by atoms with Gasteiger partial charge in [-0.1, -0.05) is 20.3 Å². The highest BCUT2D eigenvalue weighted by Gasteiger charge is 2.14. The largest absolute Gasteiger partial charge is 0.349 e. The molecule has 0 saturated carbocycles. The topological polar surface area (TPSA) is 29.1 Å². The quantitative estimate of drug-likeness (QED) is 0.877. The monoisotopic (exact) mass is 289 g/mol. The van der Waals surface area contributed by atoms with Gasteiger partial charge >= 0.3 is 0 Å². The fraction of sp³-hybridized carbons (Fsp3) is 0.545. The molecular formula is C11H16BrNOS. The van der Waals surface area contributed by atoms with Crippen LogP contribution in [0.25, 0.3) is 0 Å². The summed E-state index contributed by atoms with van der Waals surface area (Å²) in [5, 5.41) is 4.97. The van der Waals surface area contributed by atoms with Crippen LogP contribution in [0.4, 0.5) is 0 Å². The van der Waals surface area contributed by atoms with E-state index < -0.39 is 0 Å². The molecule has 0 saturated heterocycles. The number of carbonyl (C=O) groups excluding carboxylic acids is 1. The van der Waals surface area contributed by atoms with E-state index in [-0.39, 0.29) is 5.91 Å². The molecule has 1 atom stereocenters. The Labute approximate surface area is 103 Å². The van der Waals surface area contributed by atoms with Crippen LogP contribution in [-0.4, -0.2) is 11.9 Å². The van der Waals surface area contributed by atoms with Crippen LogP contribution in [0.5, 0.6) is 0 Å². The summed E-state index contributed by atoms with van der Waals surface area (Å²) in [5.74, 6) is 0.0391. The second-order valence-corrected chi connectivity index (χ2v) is 5.24. The number of hydrogen-bond donors (Lipinski definition) is 1. The van der Waals surface area contributed by atoms with Crippen molar-refractivity contribution < 1.29 is 4.79 Å². The van der Waals surface area contributed by atoms with Crippen LogP contribution in [0.2, 0.25) is 0 Å². The van der Waals surface area contributed by atoms with Gasteiger partial charge in [0.2, 0.25) is 0 Å². The minimum atomic E-state index is 0.0391. The Kier molecular flexibility index (Phi) is 5.32. The molecule has 2 nitrogen and oxygen atoms in total. The van der Waals surface area contributed by atoms with Crippen molar-refractivity contribution in [3.05, 3.63) is 20.8 Å². The van der Waals surface area contributed by atoms with Crippen LogP contribution in [0.15, 0.2) is 15.9 Å². The van der Waals surface area contributed by atoms with E-state index in [1.807, 2.05) is 11.4 Å². The lowest BCUT2D eigenvalue weighted by atomic mass is 10.1. The molecule has 1 amide bonds. The van der Waals surface area contributed by atoms with Gasteiger partial charge in [-0.25, -0.2) is 0 Å². The Hall–Kier alpha value is -0.350. The Morgan fingerprint density at radius 3 is 2.80 bits per heavy atom. The molecule has 1 heterocycles. The van der Waals surface area contributed by atoms with Crippen molar-refractivity contribution in [3.8, 4) is 0 Å². The van der Waals surface area contributed by atoms with Crippen molar-refractivity contribution in [2.45, 2.75) is 39.2 Å². The van der Waals surface area contributed by atoms with Crippen LogP contribution in [0.3, 0.4) is 0 Å². The molecule has 0 aliphatic heterocycles. The van der Waals surface area contributed by atoms with Gasteiger partial charge in [0.1, 0.15) is 4.88 Å². The van der Waals surface area contributed by atoms with Gasteiger partial charge in [-0.2, -0.15) is 0 Å². The van der Waals surface area contributed by atoms with Crippen LogP contribution >= 0.6 is 27.3 Å². The standard InChI is InChI=1S/C11H16BrNOS/c1-3-5-8(4-2)13-11(14)10-9(12)6-7-15-10/h6-8H,3-5H2,1-2H3,(H,13,14). The first-order chi connectivity index (χ1) is 7.19. The highest BCUT2D eigenvalue weighted by molar-refractivity contribution is 9.10. The molecule has 0 fully saturated rings. The first-order valence-corrected chi connectivity index (χ1v) is 6.90. The van der Waals surface area contributed by atoms with E-state index in [9.17, 15) is 4.79 Å². The number of rotatable bonds is 5. The van der Waals surface area contributed by atoms with Gasteiger partial charge < -0.3 is 5.32 Å². The molecule has 1 rings (SSSR count). The zero-order valence-corrected chi connectivity index (χ0v) is 11.5. The molecule has 1 N–H and O–H groups in total. The van der Waals surface area contributed by atoms with E-state index in [0.29, 0.717) is 6.04 Å².